The Labute approximate surface area is 182 Å². The Morgan fingerprint density at radius 2 is 1.87 bits per heavy atom. The molecule has 0 atom stereocenters. The zero-order valence-electron chi connectivity index (χ0n) is 16.6. The van der Waals surface area contributed by atoms with Crippen LogP contribution in [0.5, 0.6) is 5.75 Å². The molecule has 0 fully saturated rings. The number of fused-ring (bicyclic) bond motifs is 1. The van der Waals surface area contributed by atoms with Crippen molar-refractivity contribution in [3.05, 3.63) is 75.4 Å². The summed E-state index contributed by atoms with van der Waals surface area (Å²) in [6, 6.07) is 16.9. The average molecular weight is 437 g/mol. The summed E-state index contributed by atoms with van der Waals surface area (Å²) in [5, 5.41) is 1.05. The maximum atomic E-state index is 12.8. The van der Waals surface area contributed by atoms with E-state index < -0.39 is 0 Å². The largest absolute Gasteiger partial charge is 0.494 e. The Balaban J connectivity index is 1.56. The van der Waals surface area contributed by atoms with E-state index in [1.165, 1.54) is 23.1 Å². The van der Waals surface area contributed by atoms with Crippen molar-refractivity contribution in [2.45, 2.75) is 19.0 Å². The molecule has 0 saturated heterocycles. The van der Waals surface area contributed by atoms with Crippen molar-refractivity contribution in [1.82, 2.24) is 9.97 Å². The molecule has 0 bridgehead atoms. The number of rotatable bonds is 7. The zero-order valence-corrected chi connectivity index (χ0v) is 18.2. The molecule has 0 saturated carbocycles. The fourth-order valence-corrected chi connectivity index (χ4v) is 5.10. The number of ketones is 1. The van der Waals surface area contributed by atoms with E-state index in [0.29, 0.717) is 27.5 Å². The normalized spacial score (nSPS) is 11.0. The minimum atomic E-state index is -0.181. The second-order valence-corrected chi connectivity index (χ2v) is 8.79. The second kappa shape index (κ2) is 8.85. The van der Waals surface area contributed by atoms with E-state index in [1.807, 2.05) is 44.2 Å². The van der Waals surface area contributed by atoms with E-state index in [2.05, 4.69) is 9.97 Å². The van der Waals surface area contributed by atoms with Gasteiger partial charge in [0.1, 0.15) is 10.6 Å². The SMILES string of the molecule is CCOc1ccc(C(=O)CSc2nc3sc(C)c(-c4ccccc4)c3c(=O)[nH]2)cc1. The third kappa shape index (κ3) is 4.17. The highest BCUT2D eigenvalue weighted by Gasteiger charge is 2.17. The molecule has 5 nitrogen and oxygen atoms in total. The van der Waals surface area contributed by atoms with Crippen LogP contribution in [0.2, 0.25) is 0 Å². The molecular weight excluding hydrogens is 416 g/mol. The number of thioether (sulfide) groups is 1. The van der Waals surface area contributed by atoms with E-state index in [4.69, 9.17) is 4.74 Å². The number of hydrogen-bond donors (Lipinski definition) is 1. The van der Waals surface area contributed by atoms with E-state index in [1.54, 1.807) is 24.3 Å². The number of hydrogen-bond acceptors (Lipinski definition) is 6. The minimum absolute atomic E-state index is 0.0295. The summed E-state index contributed by atoms with van der Waals surface area (Å²) in [5.74, 6) is 0.900. The molecule has 0 aliphatic rings. The molecule has 152 valence electrons. The average Bonchev–Trinajstić information content (AvgIpc) is 3.09. The lowest BCUT2D eigenvalue weighted by Crippen LogP contribution is -2.10. The fraction of sp³-hybridized carbons (Fsp3) is 0.174. The monoisotopic (exact) mass is 436 g/mol. The van der Waals surface area contributed by atoms with Crippen molar-refractivity contribution >= 4 is 39.1 Å². The lowest BCUT2D eigenvalue weighted by molar-refractivity contribution is 0.102. The highest BCUT2D eigenvalue weighted by atomic mass is 32.2. The number of benzene rings is 2. The van der Waals surface area contributed by atoms with Crippen LogP contribution < -0.4 is 10.3 Å². The molecular formula is C23H20N2O3S2. The van der Waals surface area contributed by atoms with Crippen LogP contribution in [0.4, 0.5) is 0 Å². The van der Waals surface area contributed by atoms with Crippen LogP contribution in [-0.2, 0) is 0 Å². The van der Waals surface area contributed by atoms with Gasteiger partial charge in [-0.05, 0) is 43.7 Å². The fourth-order valence-electron chi connectivity index (χ4n) is 3.24. The van der Waals surface area contributed by atoms with Gasteiger partial charge in [-0.25, -0.2) is 4.98 Å². The van der Waals surface area contributed by atoms with Gasteiger partial charge in [-0.15, -0.1) is 11.3 Å². The lowest BCUT2D eigenvalue weighted by Gasteiger charge is -2.05. The molecule has 30 heavy (non-hydrogen) atoms. The molecule has 0 unspecified atom stereocenters. The van der Waals surface area contributed by atoms with Gasteiger partial charge in [-0.3, -0.25) is 9.59 Å². The first kappa shape index (κ1) is 20.4. The number of thiophene rings is 1. The Bertz CT molecular complexity index is 1250. The van der Waals surface area contributed by atoms with Crippen molar-refractivity contribution in [3.8, 4) is 16.9 Å². The van der Waals surface area contributed by atoms with Crippen LogP contribution in [-0.4, -0.2) is 28.1 Å². The van der Waals surface area contributed by atoms with Crippen LogP contribution in [0.1, 0.15) is 22.2 Å². The molecule has 2 aromatic heterocycles. The predicted molar refractivity (Wildman–Crippen MR) is 123 cm³/mol. The van der Waals surface area contributed by atoms with Gasteiger partial charge in [0.2, 0.25) is 0 Å². The number of H-pyrrole nitrogens is 1. The third-order valence-electron chi connectivity index (χ3n) is 4.61. The summed E-state index contributed by atoms with van der Waals surface area (Å²) in [6.45, 7) is 4.49. The number of Topliss-reactive ketones (excluding diaryl/α,β-unsaturated/α-hetero) is 1. The van der Waals surface area contributed by atoms with Gasteiger partial charge in [-0.1, -0.05) is 42.1 Å². The number of carbonyl (C=O) groups is 1. The Kier molecular flexibility index (Phi) is 6.01. The molecule has 0 aliphatic carbocycles. The zero-order chi connectivity index (χ0) is 21.1. The Morgan fingerprint density at radius 3 is 2.57 bits per heavy atom. The Hall–Kier alpha value is -2.90. The van der Waals surface area contributed by atoms with Crippen LogP contribution in [0.15, 0.2) is 64.5 Å². The van der Waals surface area contributed by atoms with Crippen LogP contribution in [0, 0.1) is 6.92 Å². The van der Waals surface area contributed by atoms with Gasteiger partial charge in [0, 0.05) is 16.0 Å². The second-order valence-electron chi connectivity index (χ2n) is 6.62. The summed E-state index contributed by atoms with van der Waals surface area (Å²) in [6.07, 6.45) is 0. The van der Waals surface area contributed by atoms with Crippen molar-refractivity contribution in [1.29, 1.82) is 0 Å². The van der Waals surface area contributed by atoms with Gasteiger partial charge in [0.25, 0.3) is 5.56 Å². The molecule has 4 rings (SSSR count). The molecule has 2 aromatic carbocycles. The molecule has 0 radical (unpaired) electrons. The van der Waals surface area contributed by atoms with Gasteiger partial charge >= 0.3 is 0 Å². The molecule has 0 amide bonds. The van der Waals surface area contributed by atoms with Gasteiger partial charge in [0.15, 0.2) is 10.9 Å². The number of nitrogens with zero attached hydrogens (tertiary/aromatic N) is 1. The van der Waals surface area contributed by atoms with Crippen molar-refractivity contribution < 1.29 is 9.53 Å². The molecule has 0 spiro atoms. The van der Waals surface area contributed by atoms with Crippen molar-refractivity contribution in [3.63, 3.8) is 0 Å². The van der Waals surface area contributed by atoms with Gasteiger partial charge < -0.3 is 9.72 Å². The summed E-state index contributed by atoms with van der Waals surface area (Å²) in [4.78, 5) is 34.5. The summed E-state index contributed by atoms with van der Waals surface area (Å²) >= 11 is 2.73. The lowest BCUT2D eigenvalue weighted by atomic mass is 10.0. The highest BCUT2D eigenvalue weighted by Crippen LogP contribution is 2.35. The van der Waals surface area contributed by atoms with E-state index in [0.717, 1.165) is 21.8 Å². The number of aromatic nitrogens is 2. The highest BCUT2D eigenvalue weighted by molar-refractivity contribution is 7.99. The maximum absolute atomic E-state index is 12.8. The third-order valence-corrected chi connectivity index (χ3v) is 6.48. The van der Waals surface area contributed by atoms with Gasteiger partial charge in [0.05, 0.1) is 17.7 Å². The number of ether oxygens (including phenoxy) is 1. The number of aryl methyl sites for hydroxylation is 1. The van der Waals surface area contributed by atoms with Crippen molar-refractivity contribution in [2.24, 2.45) is 0 Å². The van der Waals surface area contributed by atoms with Crippen LogP contribution in [0.3, 0.4) is 0 Å². The summed E-state index contributed by atoms with van der Waals surface area (Å²) in [7, 11) is 0. The maximum Gasteiger partial charge on any atom is 0.260 e. The van der Waals surface area contributed by atoms with E-state index in [9.17, 15) is 9.59 Å². The van der Waals surface area contributed by atoms with Crippen LogP contribution in [0.25, 0.3) is 21.3 Å². The predicted octanol–water partition coefficient (Wildman–Crippen LogP) is 5.33. The number of aromatic amines is 1. The van der Waals surface area contributed by atoms with Crippen molar-refractivity contribution in [2.75, 3.05) is 12.4 Å². The first-order valence-corrected chi connectivity index (χ1v) is 11.3. The van der Waals surface area contributed by atoms with E-state index >= 15 is 0 Å². The molecule has 4 aromatic rings. The Morgan fingerprint density at radius 1 is 1.13 bits per heavy atom. The van der Waals surface area contributed by atoms with Crippen LogP contribution >= 0.6 is 23.1 Å². The first-order valence-electron chi connectivity index (χ1n) is 9.54. The number of nitrogens with one attached hydrogen (secondary N) is 1. The molecule has 7 heteroatoms. The summed E-state index contributed by atoms with van der Waals surface area (Å²) in [5.41, 5.74) is 2.35. The van der Waals surface area contributed by atoms with E-state index in [-0.39, 0.29) is 17.1 Å². The summed E-state index contributed by atoms with van der Waals surface area (Å²) < 4.78 is 5.40. The van der Waals surface area contributed by atoms with Gasteiger partial charge in [-0.2, -0.15) is 0 Å². The smallest absolute Gasteiger partial charge is 0.260 e. The molecule has 1 N–H and O–H groups in total. The molecule has 2 heterocycles. The number of carbonyl (C=O) groups excluding carboxylic acids is 1. The molecule has 0 aliphatic heterocycles. The first-order chi connectivity index (χ1) is 14.6. The quantitative estimate of drug-likeness (QED) is 0.241. The standard InChI is InChI=1S/C23H20N2O3S2/c1-3-28-17-11-9-15(10-12-17)18(26)13-29-23-24-21(27)20-19(14(2)30-22(20)25-23)16-7-5-4-6-8-16/h4-12H,3,13H2,1-2H3,(H,24,25,27). The topological polar surface area (TPSA) is 72.0 Å². The minimum Gasteiger partial charge on any atom is -0.494 e.